The minimum absolute atomic E-state index is 0.280. The molecule has 2 aliphatic rings. The van der Waals surface area contributed by atoms with Crippen molar-refractivity contribution in [2.24, 2.45) is 0 Å². The number of piperazine rings is 2. The Kier molecular flexibility index (Phi) is 6.82. The Morgan fingerprint density at radius 2 is 1.19 bits per heavy atom. The van der Waals surface area contributed by atoms with Crippen LogP contribution in [0.3, 0.4) is 0 Å². The molecule has 0 radical (unpaired) electrons. The normalized spacial score (nSPS) is 17.5. The van der Waals surface area contributed by atoms with E-state index in [4.69, 9.17) is 9.47 Å². The maximum absolute atomic E-state index is 12.9. The molecule has 0 atom stereocenters. The Morgan fingerprint density at radius 1 is 0.742 bits per heavy atom. The van der Waals surface area contributed by atoms with Crippen LogP contribution < -0.4 is 24.2 Å². The van der Waals surface area contributed by atoms with E-state index in [1.165, 1.54) is 16.3 Å². The van der Waals surface area contributed by atoms with Gasteiger partial charge in [0.1, 0.15) is 11.5 Å². The average molecular weight is 426 g/mol. The van der Waals surface area contributed by atoms with Gasteiger partial charge in [0, 0.05) is 37.6 Å². The van der Waals surface area contributed by atoms with Crippen molar-refractivity contribution >= 4 is 17.3 Å². The van der Waals surface area contributed by atoms with Gasteiger partial charge in [-0.15, -0.1) is 0 Å². The molecule has 4 rings (SSSR count). The van der Waals surface area contributed by atoms with Crippen LogP contribution in [0.2, 0.25) is 0 Å². The molecular formula is C24H33N4O3+. The van der Waals surface area contributed by atoms with Crippen LogP contribution in [0, 0.1) is 0 Å². The number of nitrogens with zero attached hydrogens (tertiary/aromatic N) is 3. The predicted molar refractivity (Wildman–Crippen MR) is 123 cm³/mol. The number of quaternary nitrogens is 1. The summed E-state index contributed by atoms with van der Waals surface area (Å²) in [6, 6.07) is 16.4. The molecule has 0 bridgehead atoms. The lowest BCUT2D eigenvalue weighted by Gasteiger charge is -2.37. The van der Waals surface area contributed by atoms with Crippen molar-refractivity contribution in [1.82, 2.24) is 4.90 Å². The SMILES string of the molecule is COc1ccc(N2CCN(C(=O)C[NH+]3CCN(c4ccc(OC)cc4)CC3)CC2)cc1. The Bertz CT molecular complexity index is 840. The highest BCUT2D eigenvalue weighted by atomic mass is 16.5. The smallest absolute Gasteiger partial charge is 0.277 e. The number of methoxy groups -OCH3 is 2. The molecule has 166 valence electrons. The molecule has 0 aromatic heterocycles. The first kappa shape index (κ1) is 21.3. The van der Waals surface area contributed by atoms with Crippen molar-refractivity contribution in [3.8, 4) is 11.5 Å². The second-order valence-corrected chi connectivity index (χ2v) is 8.18. The minimum Gasteiger partial charge on any atom is -0.497 e. The highest BCUT2D eigenvalue weighted by Crippen LogP contribution is 2.21. The number of nitrogens with one attached hydrogen (secondary N) is 1. The van der Waals surface area contributed by atoms with Crippen LogP contribution in [0.15, 0.2) is 48.5 Å². The minimum atomic E-state index is 0.280. The first-order chi connectivity index (χ1) is 15.2. The van der Waals surface area contributed by atoms with Crippen LogP contribution in [0.4, 0.5) is 11.4 Å². The third-order valence-electron chi connectivity index (χ3n) is 6.38. The van der Waals surface area contributed by atoms with Crippen molar-refractivity contribution in [3.63, 3.8) is 0 Å². The Hall–Kier alpha value is -2.93. The highest BCUT2D eigenvalue weighted by Gasteiger charge is 2.27. The van der Waals surface area contributed by atoms with E-state index < -0.39 is 0 Å². The third-order valence-corrected chi connectivity index (χ3v) is 6.38. The summed E-state index contributed by atoms with van der Waals surface area (Å²) in [5.74, 6) is 2.03. The van der Waals surface area contributed by atoms with Gasteiger partial charge < -0.3 is 29.1 Å². The molecule has 31 heavy (non-hydrogen) atoms. The molecule has 0 aliphatic carbocycles. The molecule has 2 saturated heterocycles. The number of anilines is 2. The van der Waals surface area contributed by atoms with Crippen molar-refractivity contribution in [1.29, 1.82) is 0 Å². The lowest BCUT2D eigenvalue weighted by molar-refractivity contribution is -0.892. The molecule has 2 heterocycles. The third kappa shape index (κ3) is 5.22. The molecule has 7 heteroatoms. The second kappa shape index (κ2) is 9.92. The van der Waals surface area contributed by atoms with Crippen LogP contribution in [-0.2, 0) is 4.79 Å². The molecule has 1 amide bonds. The van der Waals surface area contributed by atoms with Crippen molar-refractivity contribution in [3.05, 3.63) is 48.5 Å². The molecule has 2 aliphatic heterocycles. The van der Waals surface area contributed by atoms with Gasteiger partial charge in [0.2, 0.25) is 0 Å². The first-order valence-corrected chi connectivity index (χ1v) is 11.1. The summed E-state index contributed by atoms with van der Waals surface area (Å²) in [6.07, 6.45) is 0. The number of hydrogen-bond acceptors (Lipinski definition) is 5. The van der Waals surface area contributed by atoms with Crippen molar-refractivity contribution < 1.29 is 19.2 Å². The first-order valence-electron chi connectivity index (χ1n) is 11.1. The topological polar surface area (TPSA) is 49.7 Å². The van der Waals surface area contributed by atoms with E-state index in [0.29, 0.717) is 6.54 Å². The lowest BCUT2D eigenvalue weighted by atomic mass is 10.2. The number of hydrogen-bond donors (Lipinski definition) is 1. The molecule has 2 aromatic rings. The van der Waals surface area contributed by atoms with E-state index in [0.717, 1.165) is 63.9 Å². The number of ether oxygens (including phenoxy) is 2. The van der Waals surface area contributed by atoms with E-state index in [1.54, 1.807) is 14.2 Å². The fraction of sp³-hybridized carbons (Fsp3) is 0.458. The van der Waals surface area contributed by atoms with Gasteiger partial charge in [0.25, 0.3) is 5.91 Å². The largest absolute Gasteiger partial charge is 0.497 e. The molecule has 0 unspecified atom stereocenters. The van der Waals surface area contributed by atoms with Gasteiger partial charge >= 0.3 is 0 Å². The van der Waals surface area contributed by atoms with Crippen LogP contribution in [0.5, 0.6) is 11.5 Å². The van der Waals surface area contributed by atoms with Gasteiger partial charge in [0.15, 0.2) is 6.54 Å². The van der Waals surface area contributed by atoms with Gasteiger partial charge in [-0.05, 0) is 48.5 Å². The van der Waals surface area contributed by atoms with Crippen LogP contribution >= 0.6 is 0 Å². The number of carbonyl (C=O) groups is 1. The molecule has 2 fully saturated rings. The fourth-order valence-corrected chi connectivity index (χ4v) is 4.38. The van der Waals surface area contributed by atoms with Gasteiger partial charge in [-0.3, -0.25) is 4.79 Å². The van der Waals surface area contributed by atoms with Crippen LogP contribution in [0.25, 0.3) is 0 Å². The fourth-order valence-electron chi connectivity index (χ4n) is 4.38. The van der Waals surface area contributed by atoms with Crippen molar-refractivity contribution in [2.75, 3.05) is 82.9 Å². The second-order valence-electron chi connectivity index (χ2n) is 8.18. The van der Waals surface area contributed by atoms with Crippen molar-refractivity contribution in [2.45, 2.75) is 0 Å². The predicted octanol–water partition coefficient (Wildman–Crippen LogP) is 0.758. The number of carbonyl (C=O) groups excluding carboxylic acids is 1. The van der Waals surface area contributed by atoms with E-state index >= 15 is 0 Å². The van der Waals surface area contributed by atoms with E-state index in [2.05, 4.69) is 34.1 Å². The maximum Gasteiger partial charge on any atom is 0.277 e. The zero-order valence-corrected chi connectivity index (χ0v) is 18.5. The van der Waals surface area contributed by atoms with Crippen LogP contribution in [0.1, 0.15) is 0 Å². The van der Waals surface area contributed by atoms with E-state index in [1.807, 2.05) is 29.2 Å². The summed E-state index contributed by atoms with van der Waals surface area (Å²) in [6.45, 7) is 7.84. The van der Waals surface area contributed by atoms with Gasteiger partial charge in [0.05, 0.1) is 40.4 Å². The van der Waals surface area contributed by atoms with E-state index in [-0.39, 0.29) is 5.91 Å². The standard InChI is InChI=1S/C24H32N4O3/c1-30-22-7-3-20(4-8-22)26-13-11-25(12-14-26)19-24(29)28-17-15-27(16-18-28)21-5-9-23(31-2)10-6-21/h3-10H,11-19H2,1-2H3/p+1. The zero-order valence-electron chi connectivity index (χ0n) is 18.5. The molecule has 2 aromatic carbocycles. The Balaban J connectivity index is 1.21. The summed E-state index contributed by atoms with van der Waals surface area (Å²) >= 11 is 0. The molecule has 0 spiro atoms. The van der Waals surface area contributed by atoms with Gasteiger partial charge in [-0.2, -0.15) is 0 Å². The summed E-state index contributed by atoms with van der Waals surface area (Å²) in [4.78, 5) is 21.0. The Morgan fingerprint density at radius 3 is 1.65 bits per heavy atom. The average Bonchev–Trinajstić information content (AvgIpc) is 2.85. The number of amides is 1. The summed E-state index contributed by atoms with van der Waals surface area (Å²) in [5.41, 5.74) is 2.41. The summed E-state index contributed by atoms with van der Waals surface area (Å²) in [5, 5.41) is 0. The summed E-state index contributed by atoms with van der Waals surface area (Å²) < 4.78 is 10.5. The highest BCUT2D eigenvalue weighted by molar-refractivity contribution is 5.77. The number of rotatable bonds is 6. The quantitative estimate of drug-likeness (QED) is 0.741. The zero-order chi connectivity index (χ0) is 21.6. The summed E-state index contributed by atoms with van der Waals surface area (Å²) in [7, 11) is 3.37. The Labute approximate surface area is 184 Å². The maximum atomic E-state index is 12.9. The molecule has 7 nitrogen and oxygen atoms in total. The molecule has 1 N–H and O–H groups in total. The van der Waals surface area contributed by atoms with Gasteiger partial charge in [-0.1, -0.05) is 0 Å². The lowest BCUT2D eigenvalue weighted by Crippen LogP contribution is -3.16. The number of benzene rings is 2. The van der Waals surface area contributed by atoms with Crippen LogP contribution in [-0.4, -0.2) is 83.9 Å². The van der Waals surface area contributed by atoms with Gasteiger partial charge in [-0.25, -0.2) is 0 Å². The molecular weight excluding hydrogens is 392 g/mol. The van der Waals surface area contributed by atoms with E-state index in [9.17, 15) is 4.79 Å². The monoisotopic (exact) mass is 425 g/mol. The molecule has 0 saturated carbocycles.